The first-order valence-corrected chi connectivity index (χ1v) is 11.3. The quantitative estimate of drug-likeness (QED) is 0.388. The van der Waals surface area contributed by atoms with Crippen LogP contribution < -0.4 is 20.9 Å². The van der Waals surface area contributed by atoms with Crippen LogP contribution in [0.15, 0.2) is 30.5 Å². The first-order valence-electron chi connectivity index (χ1n) is 11.3. The molecule has 0 saturated heterocycles. The Morgan fingerprint density at radius 2 is 1.78 bits per heavy atom. The maximum Gasteiger partial charge on any atom is 0.254 e. The third kappa shape index (κ3) is 4.28. The lowest BCUT2D eigenvalue weighted by Gasteiger charge is -2.30. The van der Waals surface area contributed by atoms with Crippen LogP contribution in [0, 0.1) is 26.6 Å². The number of carbonyl (C=O) groups is 1. The zero-order valence-electron chi connectivity index (χ0n) is 20.5. The van der Waals surface area contributed by atoms with Crippen molar-refractivity contribution in [3.63, 3.8) is 0 Å². The summed E-state index contributed by atoms with van der Waals surface area (Å²) in [6.07, 6.45) is 1.46. The third-order valence-electron chi connectivity index (χ3n) is 5.69. The van der Waals surface area contributed by atoms with Gasteiger partial charge in [-0.2, -0.15) is 5.10 Å². The Bertz CT molecular complexity index is 1480. The largest absolute Gasteiger partial charge is 0.364 e. The van der Waals surface area contributed by atoms with Crippen LogP contribution in [0.5, 0.6) is 0 Å². The molecule has 5 rings (SSSR count). The lowest BCUT2D eigenvalue weighted by molar-refractivity contribution is 0.0963. The predicted octanol–water partition coefficient (Wildman–Crippen LogP) is 3.31. The Balaban J connectivity index is 1.59. The average molecular weight is 489 g/mol. The van der Waals surface area contributed by atoms with Gasteiger partial charge in [0.05, 0.1) is 34.9 Å². The van der Waals surface area contributed by atoms with E-state index in [0.29, 0.717) is 52.5 Å². The molecule has 3 aromatic heterocycles. The molecule has 1 aliphatic heterocycles. The molecule has 0 bridgehead atoms. The van der Waals surface area contributed by atoms with Crippen molar-refractivity contribution in [3.8, 4) is 5.69 Å². The van der Waals surface area contributed by atoms with Gasteiger partial charge in [0.2, 0.25) is 0 Å². The molecule has 1 aromatic carbocycles. The second kappa shape index (κ2) is 8.87. The zero-order valence-corrected chi connectivity index (χ0v) is 20.5. The van der Waals surface area contributed by atoms with Crippen molar-refractivity contribution in [2.45, 2.75) is 27.3 Å². The fourth-order valence-electron chi connectivity index (χ4n) is 4.29. The Morgan fingerprint density at radius 3 is 2.53 bits per heavy atom. The molecule has 1 aliphatic rings. The summed E-state index contributed by atoms with van der Waals surface area (Å²) in [6, 6.07) is 6.29. The van der Waals surface area contributed by atoms with Crippen molar-refractivity contribution in [2.75, 3.05) is 29.6 Å². The lowest BCUT2D eigenvalue weighted by atomic mass is 10.1. The van der Waals surface area contributed by atoms with Crippen LogP contribution in [-0.4, -0.2) is 49.7 Å². The minimum atomic E-state index is -0.452. The number of halogens is 1. The summed E-state index contributed by atoms with van der Waals surface area (Å²) in [5.41, 5.74) is 3.31. The summed E-state index contributed by atoms with van der Waals surface area (Å²) in [5, 5.41) is 13.5. The van der Waals surface area contributed by atoms with E-state index < -0.39 is 5.82 Å². The molecule has 0 aliphatic carbocycles. The number of amides is 1. The summed E-state index contributed by atoms with van der Waals surface area (Å²) < 4.78 is 16.5. The van der Waals surface area contributed by atoms with Gasteiger partial charge in [-0.1, -0.05) is 0 Å². The number of pyridine rings is 1. The van der Waals surface area contributed by atoms with Crippen molar-refractivity contribution in [1.29, 1.82) is 0 Å². The molecule has 184 valence electrons. The summed E-state index contributed by atoms with van der Waals surface area (Å²) in [6.45, 7) is 5.97. The number of fused-ring (bicyclic) bond motifs is 3. The molecule has 0 fully saturated rings. The first kappa shape index (κ1) is 23.1. The maximum atomic E-state index is 14.8. The van der Waals surface area contributed by atoms with Gasteiger partial charge in [0, 0.05) is 44.2 Å². The minimum Gasteiger partial charge on any atom is -0.364 e. The standard InChI is InChI=1S/C24H25FN10O/c1-12-6-21(29-13(2)28-12)32-20-9-17(16(10-27-20)24(36)26-4)31-18-7-15(25)8-19-23(18)34(5)11-22-30-14(3)33-35(19)22/h6-10H,11H2,1-5H3,(H,26,36)(H2,27,28,29,31,32). The normalized spacial score (nSPS) is 12.1. The van der Waals surface area contributed by atoms with Gasteiger partial charge in [0.15, 0.2) is 5.82 Å². The molecule has 4 aromatic rings. The Morgan fingerprint density at radius 1 is 0.972 bits per heavy atom. The fraction of sp³-hybridized carbons (Fsp3) is 0.250. The highest BCUT2D eigenvalue weighted by molar-refractivity contribution is 6.01. The highest BCUT2D eigenvalue weighted by atomic mass is 19.1. The van der Waals surface area contributed by atoms with Crippen LogP contribution in [0.3, 0.4) is 0 Å². The molecule has 0 saturated carbocycles. The number of nitrogens with one attached hydrogen (secondary N) is 3. The number of rotatable bonds is 5. The molecule has 1 amide bonds. The smallest absolute Gasteiger partial charge is 0.254 e. The summed E-state index contributed by atoms with van der Waals surface area (Å²) in [7, 11) is 3.44. The molecule has 0 spiro atoms. The molecule has 11 nitrogen and oxygen atoms in total. The number of hydrogen-bond donors (Lipinski definition) is 3. The molecular formula is C24H25FN10O. The first-order chi connectivity index (χ1) is 17.2. The molecule has 0 unspecified atom stereocenters. The van der Waals surface area contributed by atoms with Gasteiger partial charge >= 0.3 is 0 Å². The van der Waals surface area contributed by atoms with Crippen molar-refractivity contribution < 1.29 is 9.18 Å². The van der Waals surface area contributed by atoms with Crippen molar-refractivity contribution >= 4 is 34.6 Å². The van der Waals surface area contributed by atoms with Gasteiger partial charge in [-0.3, -0.25) is 4.79 Å². The topological polar surface area (TPSA) is 126 Å². The SMILES string of the molecule is CNC(=O)c1cnc(Nc2cc(C)nc(C)n2)cc1Nc1cc(F)cc2c1N(C)Cc1nc(C)nn1-2. The van der Waals surface area contributed by atoms with Crippen molar-refractivity contribution in [3.05, 3.63) is 65.0 Å². The van der Waals surface area contributed by atoms with Gasteiger partial charge in [-0.15, -0.1) is 0 Å². The Kier molecular flexibility index (Phi) is 5.71. The number of benzene rings is 1. The van der Waals surface area contributed by atoms with Gasteiger partial charge in [0.1, 0.15) is 29.1 Å². The fourth-order valence-corrected chi connectivity index (χ4v) is 4.29. The monoisotopic (exact) mass is 488 g/mol. The molecule has 4 heterocycles. The van der Waals surface area contributed by atoms with E-state index >= 15 is 0 Å². The number of nitrogens with zero attached hydrogens (tertiary/aromatic N) is 7. The maximum absolute atomic E-state index is 14.8. The Labute approximate surface area is 206 Å². The van der Waals surface area contributed by atoms with E-state index in [1.54, 1.807) is 30.7 Å². The lowest BCUT2D eigenvalue weighted by Crippen LogP contribution is -2.27. The predicted molar refractivity (Wildman–Crippen MR) is 134 cm³/mol. The van der Waals surface area contributed by atoms with Crippen LogP contribution in [0.25, 0.3) is 5.69 Å². The molecule has 0 atom stereocenters. The van der Waals surface area contributed by atoms with Crippen molar-refractivity contribution in [2.24, 2.45) is 0 Å². The van der Waals surface area contributed by atoms with E-state index in [2.05, 4.69) is 41.0 Å². The van der Waals surface area contributed by atoms with Gasteiger partial charge in [-0.05, 0) is 26.8 Å². The van der Waals surface area contributed by atoms with Crippen LogP contribution >= 0.6 is 0 Å². The summed E-state index contributed by atoms with van der Waals surface area (Å²) in [4.78, 5) is 32.1. The number of aromatic nitrogens is 6. The molecular weight excluding hydrogens is 463 g/mol. The van der Waals surface area contributed by atoms with Crippen LogP contribution in [0.2, 0.25) is 0 Å². The van der Waals surface area contributed by atoms with Gasteiger partial charge < -0.3 is 20.9 Å². The molecule has 36 heavy (non-hydrogen) atoms. The molecule has 12 heteroatoms. The zero-order chi connectivity index (χ0) is 25.6. The molecule has 0 radical (unpaired) electrons. The van der Waals surface area contributed by atoms with E-state index in [9.17, 15) is 9.18 Å². The van der Waals surface area contributed by atoms with E-state index in [0.717, 1.165) is 17.2 Å². The number of aryl methyl sites for hydroxylation is 3. The summed E-state index contributed by atoms with van der Waals surface area (Å²) >= 11 is 0. The van der Waals surface area contributed by atoms with Crippen LogP contribution in [0.4, 0.5) is 33.1 Å². The summed E-state index contributed by atoms with van der Waals surface area (Å²) in [5.74, 6) is 2.18. The van der Waals surface area contributed by atoms with Gasteiger partial charge in [0.25, 0.3) is 5.91 Å². The van der Waals surface area contributed by atoms with Gasteiger partial charge in [-0.25, -0.2) is 29.0 Å². The minimum absolute atomic E-state index is 0.298. The highest BCUT2D eigenvalue weighted by Gasteiger charge is 2.27. The second-order valence-corrected chi connectivity index (χ2v) is 8.55. The van der Waals surface area contributed by atoms with Crippen LogP contribution in [-0.2, 0) is 6.54 Å². The number of carbonyl (C=O) groups excluding carboxylic acids is 1. The van der Waals surface area contributed by atoms with E-state index in [4.69, 9.17) is 0 Å². The average Bonchev–Trinajstić information content (AvgIpc) is 3.18. The Hall–Kier alpha value is -4.61. The van der Waals surface area contributed by atoms with E-state index in [1.807, 2.05) is 18.9 Å². The van der Waals surface area contributed by atoms with E-state index in [1.165, 1.54) is 25.4 Å². The molecule has 3 N–H and O–H groups in total. The number of anilines is 5. The van der Waals surface area contributed by atoms with Crippen LogP contribution in [0.1, 0.15) is 33.5 Å². The highest BCUT2D eigenvalue weighted by Crippen LogP contribution is 2.39. The third-order valence-corrected chi connectivity index (χ3v) is 5.69. The van der Waals surface area contributed by atoms with Crippen molar-refractivity contribution in [1.82, 2.24) is 35.0 Å². The van der Waals surface area contributed by atoms with E-state index in [-0.39, 0.29) is 5.91 Å². The second-order valence-electron chi connectivity index (χ2n) is 8.55. The number of hydrogen-bond acceptors (Lipinski definition) is 9.